The molecule has 0 aromatic carbocycles. The van der Waals surface area contributed by atoms with Gasteiger partial charge in [0.1, 0.15) is 0 Å². The highest BCUT2D eigenvalue weighted by atomic mass is 16.2. The minimum absolute atomic E-state index is 0.130. The lowest BCUT2D eigenvalue weighted by Crippen LogP contribution is -2.52. The van der Waals surface area contributed by atoms with Gasteiger partial charge in [-0.2, -0.15) is 0 Å². The first-order valence-corrected chi connectivity index (χ1v) is 7.83. The summed E-state index contributed by atoms with van der Waals surface area (Å²) < 4.78 is 0. The lowest BCUT2D eigenvalue weighted by Gasteiger charge is -2.35. The fraction of sp³-hybridized carbons (Fsp3) is 0.867. The van der Waals surface area contributed by atoms with Crippen molar-refractivity contribution < 1.29 is 9.59 Å². The molecule has 1 N–H and O–H groups in total. The van der Waals surface area contributed by atoms with Crippen molar-refractivity contribution in [2.75, 3.05) is 32.7 Å². The third kappa shape index (κ3) is 4.20. The number of amides is 2. The predicted molar refractivity (Wildman–Crippen MR) is 78.3 cm³/mol. The van der Waals surface area contributed by atoms with Crippen molar-refractivity contribution in [1.29, 1.82) is 0 Å². The Balaban J connectivity index is 1.71. The molecule has 114 valence electrons. The van der Waals surface area contributed by atoms with Crippen molar-refractivity contribution in [3.8, 4) is 0 Å². The highest BCUT2D eigenvalue weighted by molar-refractivity contribution is 5.78. The van der Waals surface area contributed by atoms with Gasteiger partial charge in [-0.05, 0) is 18.8 Å². The van der Waals surface area contributed by atoms with Crippen LogP contribution in [0.5, 0.6) is 0 Å². The molecule has 1 saturated carbocycles. The van der Waals surface area contributed by atoms with Crippen LogP contribution in [0.4, 0.5) is 0 Å². The van der Waals surface area contributed by atoms with E-state index in [2.05, 4.69) is 17.1 Å². The minimum atomic E-state index is 0.130. The molecule has 2 fully saturated rings. The van der Waals surface area contributed by atoms with Crippen LogP contribution in [0.25, 0.3) is 0 Å². The first-order valence-electron chi connectivity index (χ1n) is 7.83. The Labute approximate surface area is 121 Å². The summed E-state index contributed by atoms with van der Waals surface area (Å²) in [5.41, 5.74) is 0. The molecule has 5 nitrogen and oxygen atoms in total. The summed E-state index contributed by atoms with van der Waals surface area (Å²) in [6.45, 7) is 7.38. The number of carbonyl (C=O) groups excluding carboxylic acids is 2. The molecule has 2 unspecified atom stereocenters. The number of nitrogens with zero attached hydrogens (tertiary/aromatic N) is 2. The highest BCUT2D eigenvalue weighted by Crippen LogP contribution is 2.23. The van der Waals surface area contributed by atoms with Crippen LogP contribution >= 0.6 is 0 Å². The molecule has 0 bridgehead atoms. The van der Waals surface area contributed by atoms with Crippen LogP contribution in [-0.4, -0.2) is 60.4 Å². The first-order chi connectivity index (χ1) is 9.56. The van der Waals surface area contributed by atoms with E-state index < -0.39 is 0 Å². The molecule has 0 spiro atoms. The van der Waals surface area contributed by atoms with Crippen molar-refractivity contribution in [2.45, 2.75) is 45.6 Å². The fourth-order valence-corrected chi connectivity index (χ4v) is 3.21. The largest absolute Gasteiger partial charge is 0.352 e. The van der Waals surface area contributed by atoms with Gasteiger partial charge >= 0.3 is 0 Å². The van der Waals surface area contributed by atoms with Gasteiger partial charge in [0.25, 0.3) is 0 Å². The van der Waals surface area contributed by atoms with Crippen molar-refractivity contribution in [3.63, 3.8) is 0 Å². The lowest BCUT2D eigenvalue weighted by molar-refractivity contribution is -0.131. The van der Waals surface area contributed by atoms with Gasteiger partial charge in [-0.1, -0.05) is 19.8 Å². The number of nitrogens with one attached hydrogen (secondary N) is 1. The second-order valence-corrected chi connectivity index (χ2v) is 6.22. The molecule has 2 aliphatic rings. The average molecular weight is 281 g/mol. The molecule has 0 radical (unpaired) electrons. The maximum atomic E-state index is 12.1. The summed E-state index contributed by atoms with van der Waals surface area (Å²) >= 11 is 0. The normalized spacial score (nSPS) is 28.2. The van der Waals surface area contributed by atoms with Gasteiger partial charge in [-0.15, -0.1) is 0 Å². The SMILES string of the molecule is CC(=O)N1CCN(CC(=O)NC2CCCCC2C)CC1. The monoisotopic (exact) mass is 281 g/mol. The van der Waals surface area contributed by atoms with Gasteiger partial charge in [-0.25, -0.2) is 0 Å². The molecule has 2 atom stereocenters. The maximum absolute atomic E-state index is 12.1. The number of rotatable bonds is 3. The summed E-state index contributed by atoms with van der Waals surface area (Å²) in [4.78, 5) is 27.3. The van der Waals surface area contributed by atoms with E-state index in [1.807, 2.05) is 4.90 Å². The van der Waals surface area contributed by atoms with E-state index in [1.165, 1.54) is 19.3 Å². The summed E-state index contributed by atoms with van der Waals surface area (Å²) in [7, 11) is 0. The Bertz CT molecular complexity index is 351. The predicted octanol–water partition coefficient (Wildman–Crippen LogP) is 0.845. The number of hydrogen-bond acceptors (Lipinski definition) is 3. The van der Waals surface area contributed by atoms with Crippen molar-refractivity contribution >= 4 is 11.8 Å². The molecule has 1 aliphatic heterocycles. The van der Waals surface area contributed by atoms with E-state index in [9.17, 15) is 9.59 Å². The van der Waals surface area contributed by atoms with Gasteiger partial charge in [-0.3, -0.25) is 14.5 Å². The van der Waals surface area contributed by atoms with Crippen LogP contribution < -0.4 is 5.32 Å². The lowest BCUT2D eigenvalue weighted by atomic mass is 9.86. The van der Waals surface area contributed by atoms with Crippen LogP contribution in [0.3, 0.4) is 0 Å². The molecule has 1 saturated heterocycles. The molecule has 2 rings (SSSR count). The van der Waals surface area contributed by atoms with E-state index in [1.54, 1.807) is 6.92 Å². The van der Waals surface area contributed by atoms with Crippen molar-refractivity contribution in [1.82, 2.24) is 15.1 Å². The second-order valence-electron chi connectivity index (χ2n) is 6.22. The molecule has 1 heterocycles. The zero-order valence-electron chi connectivity index (χ0n) is 12.7. The first kappa shape index (κ1) is 15.3. The standard InChI is InChI=1S/C15H27N3O2/c1-12-5-3-4-6-14(12)16-15(20)11-17-7-9-18(10-8-17)13(2)19/h12,14H,3-11H2,1-2H3,(H,16,20). The number of carbonyl (C=O) groups is 2. The summed E-state index contributed by atoms with van der Waals surface area (Å²) in [5.74, 6) is 0.868. The van der Waals surface area contributed by atoms with Crippen LogP contribution in [0.15, 0.2) is 0 Å². The molecule has 0 aromatic heterocycles. The van der Waals surface area contributed by atoms with E-state index in [0.717, 1.165) is 32.6 Å². The number of hydrogen-bond donors (Lipinski definition) is 1. The molecule has 0 aromatic rings. The van der Waals surface area contributed by atoms with Crippen molar-refractivity contribution in [2.24, 2.45) is 5.92 Å². The Hall–Kier alpha value is -1.10. The quantitative estimate of drug-likeness (QED) is 0.834. The van der Waals surface area contributed by atoms with E-state index in [4.69, 9.17) is 0 Å². The van der Waals surface area contributed by atoms with Gasteiger partial charge in [0.05, 0.1) is 6.54 Å². The van der Waals surface area contributed by atoms with E-state index >= 15 is 0 Å². The molecule has 1 aliphatic carbocycles. The van der Waals surface area contributed by atoms with Gasteiger partial charge in [0.15, 0.2) is 0 Å². The Morgan fingerprint density at radius 3 is 2.35 bits per heavy atom. The average Bonchev–Trinajstić information content (AvgIpc) is 2.42. The van der Waals surface area contributed by atoms with Crippen LogP contribution in [-0.2, 0) is 9.59 Å². The van der Waals surface area contributed by atoms with Crippen LogP contribution in [0.1, 0.15) is 39.5 Å². The molecule has 5 heteroatoms. The number of piperazine rings is 1. The molecule has 20 heavy (non-hydrogen) atoms. The fourth-order valence-electron chi connectivity index (χ4n) is 3.21. The summed E-state index contributed by atoms with van der Waals surface area (Å²) in [6.07, 6.45) is 4.86. The zero-order valence-corrected chi connectivity index (χ0v) is 12.7. The topological polar surface area (TPSA) is 52.7 Å². The van der Waals surface area contributed by atoms with E-state index in [-0.39, 0.29) is 11.8 Å². The van der Waals surface area contributed by atoms with Crippen LogP contribution in [0.2, 0.25) is 0 Å². The third-order valence-corrected chi connectivity index (χ3v) is 4.64. The van der Waals surface area contributed by atoms with Crippen molar-refractivity contribution in [3.05, 3.63) is 0 Å². The van der Waals surface area contributed by atoms with Gasteiger partial charge < -0.3 is 10.2 Å². The minimum Gasteiger partial charge on any atom is -0.352 e. The highest BCUT2D eigenvalue weighted by Gasteiger charge is 2.25. The third-order valence-electron chi connectivity index (χ3n) is 4.64. The van der Waals surface area contributed by atoms with Gasteiger partial charge in [0.2, 0.25) is 11.8 Å². The van der Waals surface area contributed by atoms with Crippen LogP contribution in [0, 0.1) is 5.92 Å². The Morgan fingerprint density at radius 1 is 1.10 bits per heavy atom. The zero-order chi connectivity index (χ0) is 14.5. The Kier molecular flexibility index (Phi) is 5.40. The summed E-state index contributed by atoms with van der Waals surface area (Å²) in [5, 5.41) is 3.19. The molecule has 2 amide bonds. The van der Waals surface area contributed by atoms with Gasteiger partial charge in [0, 0.05) is 39.1 Å². The van der Waals surface area contributed by atoms with E-state index in [0.29, 0.717) is 18.5 Å². The smallest absolute Gasteiger partial charge is 0.234 e. The summed E-state index contributed by atoms with van der Waals surface area (Å²) in [6, 6.07) is 0.356. The molecular formula is C15H27N3O2. The maximum Gasteiger partial charge on any atom is 0.234 e. The Morgan fingerprint density at radius 2 is 1.75 bits per heavy atom. The molecular weight excluding hydrogens is 254 g/mol. The second kappa shape index (κ2) is 7.07.